The molecule has 0 heterocycles. The molecule has 0 bridgehead atoms. The summed E-state index contributed by atoms with van der Waals surface area (Å²) in [6.07, 6.45) is -2.72. The molecule has 0 saturated heterocycles. The van der Waals surface area contributed by atoms with Gasteiger partial charge in [-0.3, -0.25) is 0 Å². The third-order valence-electron chi connectivity index (χ3n) is 2.85. The van der Waals surface area contributed by atoms with E-state index in [1.165, 1.54) is 12.1 Å². The zero-order valence-electron chi connectivity index (χ0n) is 10.3. The maximum Gasteiger partial charge on any atom is 0.416 e. The molecular formula is C12H17F3OSi. The van der Waals surface area contributed by atoms with E-state index in [4.69, 9.17) is 4.43 Å². The van der Waals surface area contributed by atoms with Gasteiger partial charge in [0.15, 0.2) is 0 Å². The van der Waals surface area contributed by atoms with E-state index in [1.807, 2.05) is 13.8 Å². The van der Waals surface area contributed by atoms with E-state index in [-0.39, 0.29) is 5.60 Å². The molecule has 17 heavy (non-hydrogen) atoms. The minimum Gasteiger partial charge on any atom is -0.423 e. The predicted octanol–water partition coefficient (Wildman–Crippen LogP) is 2.71. The second-order valence-corrected chi connectivity index (χ2v) is 5.07. The molecule has 0 atom stereocenters. The van der Waals surface area contributed by atoms with Gasteiger partial charge >= 0.3 is 6.18 Å². The van der Waals surface area contributed by atoms with Crippen LogP contribution in [0.1, 0.15) is 31.4 Å². The Labute approximate surface area is 103 Å². The van der Waals surface area contributed by atoms with E-state index in [2.05, 4.69) is 0 Å². The van der Waals surface area contributed by atoms with Crippen LogP contribution < -0.4 is 0 Å². The monoisotopic (exact) mass is 262 g/mol. The van der Waals surface area contributed by atoms with Gasteiger partial charge in [0.2, 0.25) is 0 Å². The Kier molecular flexibility index (Phi) is 4.38. The Hall–Kier alpha value is -0.813. The van der Waals surface area contributed by atoms with Crippen LogP contribution in [-0.2, 0) is 17.0 Å². The Morgan fingerprint density at radius 1 is 1.12 bits per heavy atom. The Balaban J connectivity index is 2.64. The molecule has 0 amide bonds. The summed E-state index contributed by atoms with van der Waals surface area (Å²) in [4.78, 5) is 0. The number of hydrogen-bond acceptors (Lipinski definition) is 1. The van der Waals surface area contributed by atoms with Crippen molar-refractivity contribution < 1.29 is 17.6 Å². The van der Waals surface area contributed by atoms with Crippen LogP contribution in [0.25, 0.3) is 0 Å². The molecule has 0 spiro atoms. The molecule has 0 unspecified atom stereocenters. The second-order valence-electron chi connectivity index (χ2n) is 4.66. The maximum atomic E-state index is 12.3. The van der Waals surface area contributed by atoms with E-state index in [9.17, 15) is 13.2 Å². The fraction of sp³-hybridized carbons (Fsp3) is 0.500. The highest BCUT2D eigenvalue weighted by Crippen LogP contribution is 2.29. The molecule has 1 aromatic rings. The van der Waals surface area contributed by atoms with Gasteiger partial charge in [-0.15, -0.1) is 0 Å². The fourth-order valence-electron chi connectivity index (χ4n) is 1.41. The summed E-state index contributed by atoms with van der Waals surface area (Å²) in [6, 6.07) is 5.33. The summed E-state index contributed by atoms with van der Waals surface area (Å²) in [5, 5.41) is 0. The lowest BCUT2D eigenvalue weighted by molar-refractivity contribution is -0.137. The standard InChI is InChI=1S/C12H17F3OSi/c1-11(2,16-17)8-7-9-3-5-10(6-4-9)12(13,14)15/h3-6H,7-8H2,1-2,17H3. The molecular weight excluding hydrogens is 245 g/mol. The highest BCUT2D eigenvalue weighted by molar-refractivity contribution is 5.98. The van der Waals surface area contributed by atoms with Crippen LogP contribution in [0.4, 0.5) is 13.2 Å². The molecule has 0 aliphatic rings. The van der Waals surface area contributed by atoms with Gasteiger partial charge < -0.3 is 4.43 Å². The lowest BCUT2D eigenvalue weighted by Crippen LogP contribution is -2.23. The summed E-state index contributed by atoms with van der Waals surface area (Å²) < 4.78 is 42.4. The molecule has 0 N–H and O–H groups in total. The lowest BCUT2D eigenvalue weighted by Gasteiger charge is -2.23. The molecule has 5 heteroatoms. The fourth-order valence-corrected chi connectivity index (χ4v) is 1.61. The molecule has 0 radical (unpaired) electrons. The zero-order chi connectivity index (χ0) is 13.1. The van der Waals surface area contributed by atoms with Gasteiger partial charge in [-0.05, 0) is 44.4 Å². The molecule has 0 saturated carbocycles. The minimum atomic E-state index is -4.25. The quantitative estimate of drug-likeness (QED) is 0.758. The average Bonchev–Trinajstić information content (AvgIpc) is 2.26. The highest BCUT2D eigenvalue weighted by Gasteiger charge is 2.29. The molecule has 96 valence electrons. The van der Waals surface area contributed by atoms with E-state index in [0.717, 1.165) is 30.5 Å². The summed E-state index contributed by atoms with van der Waals surface area (Å²) in [7, 11) is 0.667. The van der Waals surface area contributed by atoms with Crippen LogP contribution in [0.2, 0.25) is 0 Å². The van der Waals surface area contributed by atoms with Crippen molar-refractivity contribution in [2.45, 2.75) is 38.5 Å². The van der Waals surface area contributed by atoms with Gasteiger partial charge in [0, 0.05) is 5.60 Å². The summed E-state index contributed by atoms with van der Waals surface area (Å²) in [5.41, 5.74) is 0.124. The number of halogens is 3. The smallest absolute Gasteiger partial charge is 0.416 e. The number of alkyl halides is 3. The topological polar surface area (TPSA) is 9.23 Å². The van der Waals surface area contributed by atoms with Crippen molar-refractivity contribution in [1.29, 1.82) is 0 Å². The van der Waals surface area contributed by atoms with Crippen LogP contribution in [0.15, 0.2) is 24.3 Å². The van der Waals surface area contributed by atoms with Crippen molar-refractivity contribution >= 4 is 10.5 Å². The van der Waals surface area contributed by atoms with Crippen molar-refractivity contribution in [3.05, 3.63) is 35.4 Å². The summed E-state index contributed by atoms with van der Waals surface area (Å²) in [5.74, 6) is 0. The molecule has 0 fully saturated rings. The van der Waals surface area contributed by atoms with Gasteiger partial charge in [0.25, 0.3) is 0 Å². The van der Waals surface area contributed by atoms with Crippen molar-refractivity contribution in [3.63, 3.8) is 0 Å². The van der Waals surface area contributed by atoms with E-state index in [0.29, 0.717) is 10.5 Å². The number of rotatable bonds is 4. The zero-order valence-corrected chi connectivity index (χ0v) is 12.3. The Morgan fingerprint density at radius 2 is 1.65 bits per heavy atom. The minimum absolute atomic E-state index is 0.186. The van der Waals surface area contributed by atoms with Crippen molar-refractivity contribution in [2.24, 2.45) is 0 Å². The van der Waals surface area contributed by atoms with Gasteiger partial charge in [-0.2, -0.15) is 13.2 Å². The van der Waals surface area contributed by atoms with Crippen LogP contribution in [0, 0.1) is 0 Å². The van der Waals surface area contributed by atoms with E-state index in [1.54, 1.807) is 0 Å². The van der Waals surface area contributed by atoms with Gasteiger partial charge in [-0.1, -0.05) is 12.1 Å². The van der Waals surface area contributed by atoms with E-state index < -0.39 is 11.7 Å². The van der Waals surface area contributed by atoms with Crippen LogP contribution in [0.5, 0.6) is 0 Å². The first-order valence-corrected chi connectivity index (χ1v) is 6.27. The highest BCUT2D eigenvalue weighted by atomic mass is 28.2. The number of aryl methyl sites for hydroxylation is 1. The van der Waals surface area contributed by atoms with E-state index >= 15 is 0 Å². The summed E-state index contributed by atoms with van der Waals surface area (Å²) in [6.45, 7) is 3.98. The van der Waals surface area contributed by atoms with Gasteiger partial charge in [-0.25, -0.2) is 0 Å². The first-order valence-electron chi connectivity index (χ1n) is 5.46. The average molecular weight is 262 g/mol. The Bertz CT molecular complexity index is 357. The Morgan fingerprint density at radius 3 is 2.06 bits per heavy atom. The molecule has 1 nitrogen and oxygen atoms in total. The molecule has 1 aromatic carbocycles. The van der Waals surface area contributed by atoms with Crippen molar-refractivity contribution in [2.75, 3.05) is 0 Å². The lowest BCUT2D eigenvalue weighted by atomic mass is 9.98. The third kappa shape index (κ3) is 4.51. The molecule has 0 aromatic heterocycles. The normalized spacial score (nSPS) is 13.0. The maximum absolute atomic E-state index is 12.3. The predicted molar refractivity (Wildman–Crippen MR) is 64.9 cm³/mol. The largest absolute Gasteiger partial charge is 0.423 e. The SMILES string of the molecule is CC(C)(CCc1ccc(C(F)(F)F)cc1)O[SiH3]. The first kappa shape index (κ1) is 14.2. The van der Waals surface area contributed by atoms with Crippen LogP contribution >= 0.6 is 0 Å². The first-order chi connectivity index (χ1) is 7.74. The van der Waals surface area contributed by atoms with Crippen LogP contribution in [-0.4, -0.2) is 16.1 Å². The molecule has 0 aliphatic heterocycles. The van der Waals surface area contributed by atoms with Gasteiger partial charge in [0.1, 0.15) is 10.5 Å². The van der Waals surface area contributed by atoms with Crippen molar-refractivity contribution in [3.8, 4) is 0 Å². The van der Waals surface area contributed by atoms with Gasteiger partial charge in [0.05, 0.1) is 5.56 Å². The third-order valence-corrected chi connectivity index (χ3v) is 3.95. The van der Waals surface area contributed by atoms with Crippen molar-refractivity contribution in [1.82, 2.24) is 0 Å². The molecule has 0 aliphatic carbocycles. The second kappa shape index (κ2) is 5.22. The summed E-state index contributed by atoms with van der Waals surface area (Å²) >= 11 is 0. The van der Waals surface area contributed by atoms with Crippen LogP contribution in [0.3, 0.4) is 0 Å². The molecule has 1 rings (SSSR count). The number of hydrogen-bond donors (Lipinski definition) is 0. The number of benzene rings is 1.